The molecule has 1 amide bonds. The summed E-state index contributed by atoms with van der Waals surface area (Å²) in [7, 11) is 0. The van der Waals surface area contributed by atoms with Crippen LogP contribution in [0, 0.1) is 5.92 Å². The minimum Gasteiger partial charge on any atom is -0.478 e. The van der Waals surface area contributed by atoms with Gasteiger partial charge in [0.2, 0.25) is 5.91 Å². The average molecular weight is 310 g/mol. The highest BCUT2D eigenvalue weighted by Crippen LogP contribution is 2.29. The van der Waals surface area contributed by atoms with Gasteiger partial charge < -0.3 is 10.0 Å². The van der Waals surface area contributed by atoms with Crippen LogP contribution < -0.4 is 4.90 Å². The molecule has 0 radical (unpaired) electrons. The molecule has 1 aromatic carbocycles. The van der Waals surface area contributed by atoms with Crippen LogP contribution in [0.4, 0.5) is 5.69 Å². The smallest absolute Gasteiger partial charge is 0.335 e. The fraction of sp³-hybridized carbons (Fsp3) is 0.231. The molecule has 0 spiro atoms. The molecular weight excluding hydrogens is 298 g/mol. The molecule has 1 heterocycles. The first-order chi connectivity index (χ1) is 8.51. The molecule has 18 heavy (non-hydrogen) atoms. The van der Waals surface area contributed by atoms with Crippen molar-refractivity contribution in [1.82, 2.24) is 0 Å². The zero-order valence-corrected chi connectivity index (χ0v) is 11.2. The van der Waals surface area contributed by atoms with Crippen molar-refractivity contribution in [1.29, 1.82) is 0 Å². The number of hydrogen-bond acceptors (Lipinski definition) is 2. The number of aromatic carboxylic acids is 1. The summed E-state index contributed by atoms with van der Waals surface area (Å²) in [5.74, 6) is -0.886. The second-order valence-electron chi connectivity index (χ2n) is 4.21. The predicted molar refractivity (Wildman–Crippen MR) is 71.8 cm³/mol. The number of rotatable bonds is 3. The Morgan fingerprint density at radius 2 is 2.22 bits per heavy atom. The van der Waals surface area contributed by atoms with Crippen molar-refractivity contribution in [3.05, 3.63) is 40.9 Å². The largest absolute Gasteiger partial charge is 0.478 e. The van der Waals surface area contributed by atoms with Crippen LogP contribution in [0.2, 0.25) is 0 Å². The molecule has 1 fully saturated rings. The first-order valence-corrected chi connectivity index (χ1v) is 6.27. The van der Waals surface area contributed by atoms with Crippen molar-refractivity contribution in [3.8, 4) is 0 Å². The maximum Gasteiger partial charge on any atom is 0.335 e. The van der Waals surface area contributed by atoms with Gasteiger partial charge in [0.05, 0.1) is 5.56 Å². The SMILES string of the molecule is C=CC1CC(=O)N(c2cc(Br)cc(C(=O)O)c2)C1. The lowest BCUT2D eigenvalue weighted by Gasteiger charge is -2.17. The van der Waals surface area contributed by atoms with Gasteiger partial charge in [-0.3, -0.25) is 4.79 Å². The van der Waals surface area contributed by atoms with Crippen molar-refractivity contribution < 1.29 is 14.7 Å². The Morgan fingerprint density at radius 1 is 1.50 bits per heavy atom. The summed E-state index contributed by atoms with van der Waals surface area (Å²) in [6.45, 7) is 4.24. The van der Waals surface area contributed by atoms with Crippen LogP contribution in [-0.4, -0.2) is 23.5 Å². The van der Waals surface area contributed by atoms with E-state index in [-0.39, 0.29) is 17.4 Å². The van der Waals surface area contributed by atoms with E-state index < -0.39 is 5.97 Å². The van der Waals surface area contributed by atoms with Crippen molar-refractivity contribution in [3.63, 3.8) is 0 Å². The van der Waals surface area contributed by atoms with Gasteiger partial charge in [0.1, 0.15) is 0 Å². The molecule has 1 aliphatic heterocycles. The Hall–Kier alpha value is -1.62. The van der Waals surface area contributed by atoms with E-state index in [2.05, 4.69) is 22.5 Å². The number of anilines is 1. The van der Waals surface area contributed by atoms with E-state index in [1.54, 1.807) is 17.0 Å². The van der Waals surface area contributed by atoms with Gasteiger partial charge in [-0.15, -0.1) is 6.58 Å². The maximum atomic E-state index is 11.9. The molecule has 4 nitrogen and oxygen atoms in total. The number of benzene rings is 1. The fourth-order valence-electron chi connectivity index (χ4n) is 2.00. The van der Waals surface area contributed by atoms with Gasteiger partial charge >= 0.3 is 5.97 Å². The van der Waals surface area contributed by atoms with Crippen molar-refractivity contribution in [2.24, 2.45) is 5.92 Å². The van der Waals surface area contributed by atoms with E-state index in [0.29, 0.717) is 23.1 Å². The lowest BCUT2D eigenvalue weighted by molar-refractivity contribution is -0.117. The second-order valence-corrected chi connectivity index (χ2v) is 5.12. The van der Waals surface area contributed by atoms with Crippen LogP contribution in [0.1, 0.15) is 16.8 Å². The maximum absolute atomic E-state index is 11.9. The van der Waals surface area contributed by atoms with Gasteiger partial charge in [-0.2, -0.15) is 0 Å². The summed E-state index contributed by atoms with van der Waals surface area (Å²) in [6.07, 6.45) is 2.19. The normalized spacial score (nSPS) is 19.1. The van der Waals surface area contributed by atoms with Crippen LogP contribution in [0.15, 0.2) is 35.3 Å². The molecule has 1 atom stereocenters. The zero-order valence-electron chi connectivity index (χ0n) is 9.60. The van der Waals surface area contributed by atoms with E-state index in [9.17, 15) is 9.59 Å². The first kappa shape index (κ1) is 12.8. The van der Waals surface area contributed by atoms with E-state index in [1.807, 2.05) is 0 Å². The summed E-state index contributed by atoms with van der Waals surface area (Å²) in [5, 5.41) is 9.00. The summed E-state index contributed by atoms with van der Waals surface area (Å²) < 4.78 is 0.646. The predicted octanol–water partition coefficient (Wildman–Crippen LogP) is 2.69. The van der Waals surface area contributed by atoms with Crippen LogP contribution in [0.3, 0.4) is 0 Å². The van der Waals surface area contributed by atoms with Crippen LogP contribution >= 0.6 is 15.9 Å². The molecule has 0 saturated carbocycles. The number of carboxylic acid groups (broad SMARTS) is 1. The topological polar surface area (TPSA) is 57.6 Å². The Morgan fingerprint density at radius 3 is 2.78 bits per heavy atom. The molecule has 0 aromatic heterocycles. The molecule has 1 aromatic rings. The zero-order chi connectivity index (χ0) is 13.3. The van der Waals surface area contributed by atoms with Crippen molar-refractivity contribution in [2.45, 2.75) is 6.42 Å². The molecule has 1 N–H and O–H groups in total. The molecule has 1 unspecified atom stereocenters. The monoisotopic (exact) mass is 309 g/mol. The summed E-state index contributed by atoms with van der Waals surface area (Å²) in [4.78, 5) is 24.4. The molecule has 0 bridgehead atoms. The van der Waals surface area contributed by atoms with Crippen LogP contribution in [0.25, 0.3) is 0 Å². The highest BCUT2D eigenvalue weighted by Gasteiger charge is 2.29. The summed E-state index contributed by atoms with van der Waals surface area (Å²) in [5.41, 5.74) is 0.769. The number of carbonyl (C=O) groups excluding carboxylic acids is 1. The fourth-order valence-corrected chi connectivity index (χ4v) is 2.48. The third-order valence-corrected chi connectivity index (χ3v) is 3.39. The molecular formula is C13H12BrNO3. The average Bonchev–Trinajstić information content (AvgIpc) is 2.69. The number of nitrogens with zero attached hydrogens (tertiary/aromatic N) is 1. The minimum absolute atomic E-state index is 0.00524. The van der Waals surface area contributed by atoms with E-state index in [0.717, 1.165) is 0 Å². The summed E-state index contributed by atoms with van der Waals surface area (Å²) in [6, 6.07) is 4.77. The Labute approximate surface area is 113 Å². The van der Waals surface area contributed by atoms with Gasteiger partial charge in [0.15, 0.2) is 0 Å². The summed E-state index contributed by atoms with van der Waals surface area (Å²) >= 11 is 3.26. The molecule has 0 aliphatic carbocycles. The minimum atomic E-state index is -1.01. The third-order valence-electron chi connectivity index (χ3n) is 2.93. The molecule has 1 aliphatic rings. The number of amides is 1. The first-order valence-electron chi connectivity index (χ1n) is 5.48. The Bertz CT molecular complexity index is 527. The van der Waals surface area contributed by atoms with E-state index in [4.69, 9.17) is 5.11 Å². The van der Waals surface area contributed by atoms with Gasteiger partial charge in [0, 0.05) is 29.0 Å². The molecule has 1 saturated heterocycles. The number of carbonyl (C=O) groups is 2. The number of carboxylic acids is 1. The van der Waals surface area contributed by atoms with Crippen LogP contribution in [0.5, 0.6) is 0 Å². The van der Waals surface area contributed by atoms with E-state index in [1.165, 1.54) is 12.1 Å². The molecule has 94 valence electrons. The van der Waals surface area contributed by atoms with Crippen LogP contribution in [-0.2, 0) is 4.79 Å². The van der Waals surface area contributed by atoms with Gasteiger partial charge in [0.25, 0.3) is 0 Å². The third kappa shape index (κ3) is 2.46. The lowest BCUT2D eigenvalue weighted by Crippen LogP contribution is -2.24. The van der Waals surface area contributed by atoms with Gasteiger partial charge in [-0.05, 0) is 18.2 Å². The van der Waals surface area contributed by atoms with Gasteiger partial charge in [-0.1, -0.05) is 22.0 Å². The Kier molecular flexibility index (Phi) is 3.52. The quantitative estimate of drug-likeness (QED) is 0.873. The molecule has 5 heteroatoms. The van der Waals surface area contributed by atoms with Gasteiger partial charge in [-0.25, -0.2) is 4.79 Å². The van der Waals surface area contributed by atoms with Crippen molar-refractivity contribution >= 4 is 33.5 Å². The second kappa shape index (κ2) is 4.94. The number of halogens is 1. The standard InChI is InChI=1S/C13H12BrNO3/c1-2-8-3-12(16)15(7-8)11-5-9(13(17)18)4-10(14)6-11/h2,4-6,8H,1,3,7H2,(H,17,18). The highest BCUT2D eigenvalue weighted by molar-refractivity contribution is 9.10. The Balaban J connectivity index is 2.36. The number of hydrogen-bond donors (Lipinski definition) is 1. The lowest BCUT2D eigenvalue weighted by atomic mass is 10.1. The van der Waals surface area contributed by atoms with E-state index >= 15 is 0 Å². The highest BCUT2D eigenvalue weighted by atomic mass is 79.9. The molecule has 2 rings (SSSR count). The van der Waals surface area contributed by atoms with Crippen molar-refractivity contribution in [2.75, 3.05) is 11.4 Å².